The molecule has 0 bridgehead atoms. The summed E-state index contributed by atoms with van der Waals surface area (Å²) in [6, 6.07) is 0. The third-order valence-corrected chi connectivity index (χ3v) is 4.52. The minimum atomic E-state index is -0.313. The summed E-state index contributed by atoms with van der Waals surface area (Å²) in [5.41, 5.74) is 0.0529. The van der Waals surface area contributed by atoms with Gasteiger partial charge in [-0.2, -0.15) is 0 Å². The van der Waals surface area contributed by atoms with Crippen molar-refractivity contribution in [3.63, 3.8) is 0 Å². The lowest BCUT2D eigenvalue weighted by Crippen LogP contribution is -2.59. The first kappa shape index (κ1) is 15.3. The summed E-state index contributed by atoms with van der Waals surface area (Å²) in [7, 11) is 2.13. The Kier molecular flexibility index (Phi) is 4.99. The predicted octanol–water partition coefficient (Wildman–Crippen LogP) is -0.164. The molecule has 1 N–H and O–H groups in total. The maximum absolute atomic E-state index is 12.2. The van der Waals surface area contributed by atoms with E-state index in [0.717, 1.165) is 32.5 Å². The number of esters is 1. The minimum Gasteiger partial charge on any atom is -0.465 e. The lowest BCUT2D eigenvalue weighted by molar-refractivity contribution is -0.148. The van der Waals surface area contributed by atoms with Crippen molar-refractivity contribution in [2.24, 2.45) is 0 Å². The third-order valence-electron chi connectivity index (χ3n) is 4.52. The number of likely N-dealkylation sites (N-methyl/N-ethyl adjacent to an activating group) is 1. The Morgan fingerprint density at radius 2 is 2.20 bits per heavy atom. The summed E-state index contributed by atoms with van der Waals surface area (Å²) in [5, 5.41) is 3.43. The van der Waals surface area contributed by atoms with Crippen molar-refractivity contribution in [1.29, 1.82) is 0 Å². The van der Waals surface area contributed by atoms with E-state index in [1.807, 2.05) is 0 Å². The fourth-order valence-corrected chi connectivity index (χ4v) is 3.12. The van der Waals surface area contributed by atoms with Crippen LogP contribution in [0.25, 0.3) is 0 Å². The lowest BCUT2D eigenvalue weighted by atomic mass is 9.87. The van der Waals surface area contributed by atoms with Crippen molar-refractivity contribution >= 4 is 11.9 Å². The van der Waals surface area contributed by atoms with Crippen molar-refractivity contribution in [3.8, 4) is 0 Å². The molecule has 2 fully saturated rings. The van der Waals surface area contributed by atoms with E-state index in [2.05, 4.69) is 17.3 Å². The monoisotopic (exact) mass is 283 g/mol. The van der Waals surface area contributed by atoms with Crippen LogP contribution in [0.3, 0.4) is 0 Å². The second kappa shape index (κ2) is 6.54. The van der Waals surface area contributed by atoms with E-state index < -0.39 is 0 Å². The van der Waals surface area contributed by atoms with Crippen LogP contribution < -0.4 is 5.32 Å². The number of piperazine rings is 1. The van der Waals surface area contributed by atoms with E-state index in [-0.39, 0.29) is 24.0 Å². The van der Waals surface area contributed by atoms with Gasteiger partial charge in [-0.05, 0) is 26.8 Å². The highest BCUT2D eigenvalue weighted by molar-refractivity contribution is 5.82. The highest BCUT2D eigenvalue weighted by Crippen LogP contribution is 2.29. The smallest absolute Gasteiger partial charge is 0.325 e. The molecule has 0 aromatic rings. The number of nitrogens with zero attached hydrogens (tertiary/aromatic N) is 2. The van der Waals surface area contributed by atoms with Gasteiger partial charge < -0.3 is 15.0 Å². The van der Waals surface area contributed by atoms with Crippen molar-refractivity contribution in [1.82, 2.24) is 15.1 Å². The van der Waals surface area contributed by atoms with E-state index in [4.69, 9.17) is 4.74 Å². The zero-order valence-electron chi connectivity index (χ0n) is 12.5. The van der Waals surface area contributed by atoms with Crippen LogP contribution in [-0.4, -0.2) is 73.6 Å². The summed E-state index contributed by atoms with van der Waals surface area (Å²) in [5.74, 6) is -0.249. The van der Waals surface area contributed by atoms with Crippen molar-refractivity contribution in [3.05, 3.63) is 0 Å². The Morgan fingerprint density at radius 1 is 1.40 bits per heavy atom. The van der Waals surface area contributed by atoms with Crippen molar-refractivity contribution in [2.75, 3.05) is 46.4 Å². The van der Waals surface area contributed by atoms with Gasteiger partial charge in [0, 0.05) is 38.1 Å². The van der Waals surface area contributed by atoms with Crippen LogP contribution in [0.2, 0.25) is 0 Å². The van der Waals surface area contributed by atoms with E-state index in [9.17, 15) is 9.59 Å². The van der Waals surface area contributed by atoms with Gasteiger partial charge >= 0.3 is 5.97 Å². The number of likely N-dealkylation sites (tertiary alicyclic amines) is 1. The van der Waals surface area contributed by atoms with Gasteiger partial charge in [-0.3, -0.25) is 14.5 Å². The van der Waals surface area contributed by atoms with E-state index in [0.29, 0.717) is 19.6 Å². The molecule has 0 aromatic carbocycles. The Hall–Kier alpha value is -1.14. The number of rotatable bonds is 3. The molecule has 0 unspecified atom stereocenters. The van der Waals surface area contributed by atoms with Gasteiger partial charge in [0.05, 0.1) is 6.61 Å². The molecule has 2 saturated heterocycles. The van der Waals surface area contributed by atoms with E-state index >= 15 is 0 Å². The second-order valence-corrected chi connectivity index (χ2v) is 5.69. The summed E-state index contributed by atoms with van der Waals surface area (Å²) in [4.78, 5) is 27.7. The lowest BCUT2D eigenvalue weighted by Gasteiger charge is -2.45. The van der Waals surface area contributed by atoms with E-state index in [1.165, 1.54) is 0 Å². The van der Waals surface area contributed by atoms with Crippen LogP contribution in [0.15, 0.2) is 0 Å². The summed E-state index contributed by atoms with van der Waals surface area (Å²) in [6.07, 6.45) is 2.27. The molecule has 1 atom stereocenters. The summed E-state index contributed by atoms with van der Waals surface area (Å²) >= 11 is 0. The van der Waals surface area contributed by atoms with Crippen LogP contribution in [0.5, 0.6) is 0 Å². The van der Waals surface area contributed by atoms with Gasteiger partial charge in [0.2, 0.25) is 5.91 Å². The highest BCUT2D eigenvalue weighted by Gasteiger charge is 2.40. The number of nitrogens with one attached hydrogen (secondary N) is 1. The van der Waals surface area contributed by atoms with Crippen molar-refractivity contribution < 1.29 is 14.3 Å². The SMILES string of the molecule is CCOC(=O)CN1CC[C@]2(CCC1=O)CNCCN2C. The number of amides is 1. The van der Waals surface area contributed by atoms with Crippen LogP contribution in [-0.2, 0) is 14.3 Å². The van der Waals surface area contributed by atoms with Crippen LogP contribution in [0.4, 0.5) is 0 Å². The summed E-state index contributed by atoms with van der Waals surface area (Å²) < 4.78 is 4.94. The second-order valence-electron chi connectivity index (χ2n) is 5.69. The molecule has 0 saturated carbocycles. The molecule has 114 valence electrons. The molecule has 2 aliphatic rings. The number of ether oxygens (including phenoxy) is 1. The van der Waals surface area contributed by atoms with Gasteiger partial charge in [-0.1, -0.05) is 0 Å². The Morgan fingerprint density at radius 3 is 2.90 bits per heavy atom. The standard InChI is InChI=1S/C14H25N3O3/c1-3-20-13(19)10-17-8-6-14(5-4-12(17)18)11-15-7-9-16(14)2/h15H,3-11H2,1-2H3/t14-/m1/s1. The maximum Gasteiger partial charge on any atom is 0.325 e. The van der Waals surface area contributed by atoms with Crippen LogP contribution >= 0.6 is 0 Å². The molecule has 0 radical (unpaired) electrons. The highest BCUT2D eigenvalue weighted by atomic mass is 16.5. The Labute approximate surface area is 120 Å². The molecule has 0 aromatic heterocycles. The molecule has 1 amide bonds. The largest absolute Gasteiger partial charge is 0.465 e. The normalized spacial score (nSPS) is 28.5. The average Bonchev–Trinajstić information content (AvgIpc) is 2.57. The van der Waals surface area contributed by atoms with Gasteiger partial charge in [-0.25, -0.2) is 0 Å². The molecule has 2 aliphatic heterocycles. The third kappa shape index (κ3) is 3.30. The molecule has 0 aliphatic carbocycles. The van der Waals surface area contributed by atoms with Crippen LogP contribution in [0.1, 0.15) is 26.2 Å². The van der Waals surface area contributed by atoms with Gasteiger partial charge in [0.15, 0.2) is 0 Å². The molecule has 1 spiro atoms. The minimum absolute atomic E-state index is 0.0529. The number of hydrogen-bond acceptors (Lipinski definition) is 5. The predicted molar refractivity (Wildman–Crippen MR) is 75.3 cm³/mol. The first-order chi connectivity index (χ1) is 9.57. The van der Waals surface area contributed by atoms with E-state index in [1.54, 1.807) is 11.8 Å². The van der Waals surface area contributed by atoms with Crippen LogP contribution in [0, 0.1) is 0 Å². The first-order valence-electron chi connectivity index (χ1n) is 7.43. The maximum atomic E-state index is 12.2. The molecule has 2 rings (SSSR count). The number of hydrogen-bond donors (Lipinski definition) is 1. The van der Waals surface area contributed by atoms with Crippen molar-refractivity contribution in [2.45, 2.75) is 31.7 Å². The molecule has 6 heteroatoms. The zero-order valence-corrected chi connectivity index (χ0v) is 12.5. The molecular weight excluding hydrogens is 258 g/mol. The average molecular weight is 283 g/mol. The number of carbonyl (C=O) groups excluding carboxylic acids is 2. The summed E-state index contributed by atoms with van der Waals surface area (Å²) in [6.45, 7) is 5.77. The Bertz CT molecular complexity index is 375. The molecule has 20 heavy (non-hydrogen) atoms. The number of carbonyl (C=O) groups is 2. The Balaban J connectivity index is 1.99. The topological polar surface area (TPSA) is 61.9 Å². The fraction of sp³-hybridized carbons (Fsp3) is 0.857. The molecular formula is C14H25N3O3. The zero-order chi connectivity index (χ0) is 14.6. The van der Waals surface area contributed by atoms with Gasteiger partial charge in [0.1, 0.15) is 6.54 Å². The molecule has 2 heterocycles. The fourth-order valence-electron chi connectivity index (χ4n) is 3.12. The first-order valence-corrected chi connectivity index (χ1v) is 7.43. The van der Waals surface area contributed by atoms with Gasteiger partial charge in [0.25, 0.3) is 0 Å². The quantitative estimate of drug-likeness (QED) is 0.729. The molecule has 6 nitrogen and oxygen atoms in total. The van der Waals surface area contributed by atoms with Gasteiger partial charge in [-0.15, -0.1) is 0 Å².